The maximum atomic E-state index is 13.6. The Morgan fingerprint density at radius 3 is 2.37 bits per heavy atom. The Labute approximate surface area is 222 Å². The SMILES string of the molecule is COC(=O)c1csc(NC(=O)[C@H]([C@@H](C)c2ccccc2)N2C(=O)NC(c3ccc(S(C)(=O)=O)cc3)C2=O)n1. The monoisotopic (exact) mass is 556 g/mol. The number of imide groups is 1. The fourth-order valence-corrected chi connectivity index (χ4v) is 5.42. The number of rotatable bonds is 8. The summed E-state index contributed by atoms with van der Waals surface area (Å²) in [5, 5.41) is 6.72. The van der Waals surface area contributed by atoms with Gasteiger partial charge in [0.1, 0.15) is 12.1 Å². The molecule has 2 heterocycles. The Morgan fingerprint density at radius 1 is 1.11 bits per heavy atom. The van der Waals surface area contributed by atoms with E-state index in [9.17, 15) is 27.6 Å². The predicted molar refractivity (Wildman–Crippen MR) is 138 cm³/mol. The van der Waals surface area contributed by atoms with Gasteiger partial charge in [-0.05, 0) is 23.3 Å². The average molecular weight is 557 g/mol. The number of methoxy groups -OCH3 is 1. The Balaban J connectivity index is 1.66. The molecule has 1 unspecified atom stereocenters. The lowest BCUT2D eigenvalue weighted by Crippen LogP contribution is -2.50. The van der Waals surface area contributed by atoms with Gasteiger partial charge >= 0.3 is 12.0 Å². The molecule has 3 aromatic rings. The second-order valence-corrected chi connectivity index (χ2v) is 11.5. The highest BCUT2D eigenvalue weighted by molar-refractivity contribution is 7.90. The Morgan fingerprint density at radius 2 is 1.76 bits per heavy atom. The predicted octanol–water partition coefficient (Wildman–Crippen LogP) is 2.74. The van der Waals surface area contributed by atoms with Crippen LogP contribution in [0.1, 0.15) is 40.5 Å². The molecular formula is C25H24N4O7S2. The minimum atomic E-state index is -3.45. The number of sulfone groups is 1. The lowest BCUT2D eigenvalue weighted by Gasteiger charge is -2.29. The number of carbonyl (C=O) groups is 4. The normalized spacial score (nSPS) is 17.0. The third-order valence-electron chi connectivity index (χ3n) is 6.09. The van der Waals surface area contributed by atoms with Crippen molar-refractivity contribution in [2.75, 3.05) is 18.7 Å². The quantitative estimate of drug-likeness (QED) is 0.317. The van der Waals surface area contributed by atoms with E-state index in [1.807, 2.05) is 0 Å². The zero-order valence-corrected chi connectivity index (χ0v) is 22.2. The van der Waals surface area contributed by atoms with E-state index in [2.05, 4.69) is 20.4 Å². The first-order valence-corrected chi connectivity index (χ1v) is 14.1. The number of aromatic nitrogens is 1. The van der Waals surface area contributed by atoms with Crippen LogP contribution in [0.15, 0.2) is 64.9 Å². The summed E-state index contributed by atoms with van der Waals surface area (Å²) in [5.74, 6) is -2.63. The number of nitrogens with one attached hydrogen (secondary N) is 2. The van der Waals surface area contributed by atoms with Crippen LogP contribution in [-0.4, -0.2) is 61.5 Å². The number of ether oxygens (including phenoxy) is 1. The van der Waals surface area contributed by atoms with Crippen molar-refractivity contribution in [1.82, 2.24) is 15.2 Å². The summed E-state index contributed by atoms with van der Waals surface area (Å²) in [6.45, 7) is 1.72. The molecule has 0 aliphatic carbocycles. The van der Waals surface area contributed by atoms with Crippen LogP contribution in [0.25, 0.3) is 0 Å². The van der Waals surface area contributed by atoms with Crippen LogP contribution in [0.4, 0.5) is 9.93 Å². The van der Waals surface area contributed by atoms with E-state index in [0.29, 0.717) is 11.1 Å². The third-order valence-corrected chi connectivity index (χ3v) is 7.97. The maximum Gasteiger partial charge on any atom is 0.357 e. The van der Waals surface area contributed by atoms with Crippen LogP contribution in [0.2, 0.25) is 0 Å². The first kappa shape index (κ1) is 26.9. The van der Waals surface area contributed by atoms with Crippen molar-refractivity contribution < 1.29 is 32.3 Å². The molecule has 38 heavy (non-hydrogen) atoms. The standard InChI is InChI=1S/C25H24N4O7S2/c1-14(15-7-5-4-6-8-15)20(21(30)28-24-26-18(13-37-24)23(32)36-2)29-22(31)19(27-25(29)33)16-9-11-17(12-10-16)38(3,34)35/h4-14,19-20H,1-3H3,(H,27,33)(H,26,28,30)/t14-,19?,20-/m0/s1. The van der Waals surface area contributed by atoms with E-state index in [0.717, 1.165) is 22.5 Å². The molecule has 4 amide bonds. The molecule has 198 valence electrons. The van der Waals surface area contributed by atoms with Gasteiger partial charge in [-0.1, -0.05) is 49.4 Å². The second kappa shape index (κ2) is 10.7. The first-order chi connectivity index (χ1) is 18.0. The minimum Gasteiger partial charge on any atom is -0.464 e. The van der Waals surface area contributed by atoms with Crippen LogP contribution in [0.5, 0.6) is 0 Å². The van der Waals surface area contributed by atoms with Crippen LogP contribution in [-0.2, 0) is 24.2 Å². The van der Waals surface area contributed by atoms with E-state index in [1.165, 1.54) is 36.8 Å². The fourth-order valence-electron chi connectivity index (χ4n) is 4.11. The van der Waals surface area contributed by atoms with Crippen LogP contribution >= 0.6 is 11.3 Å². The second-order valence-electron chi connectivity index (χ2n) is 8.59. The third kappa shape index (κ3) is 5.43. The number of benzene rings is 2. The number of amides is 4. The molecule has 1 aromatic heterocycles. The van der Waals surface area contributed by atoms with Crippen molar-refractivity contribution in [2.45, 2.75) is 29.8 Å². The number of carbonyl (C=O) groups excluding carboxylic acids is 4. The summed E-state index contributed by atoms with van der Waals surface area (Å²) in [4.78, 5) is 56.9. The van der Waals surface area contributed by atoms with Gasteiger partial charge in [-0.15, -0.1) is 11.3 Å². The Bertz CT molecular complexity index is 1490. The summed E-state index contributed by atoms with van der Waals surface area (Å²) in [6.07, 6.45) is 1.07. The number of nitrogens with zero attached hydrogens (tertiary/aromatic N) is 2. The lowest BCUT2D eigenvalue weighted by molar-refractivity contribution is -0.134. The molecule has 1 aliphatic rings. The Kier molecular flexibility index (Phi) is 7.60. The van der Waals surface area contributed by atoms with Gasteiger partial charge in [0.25, 0.3) is 5.91 Å². The van der Waals surface area contributed by atoms with Gasteiger partial charge in [0.2, 0.25) is 5.91 Å². The van der Waals surface area contributed by atoms with Gasteiger partial charge in [-0.2, -0.15) is 0 Å². The molecule has 4 rings (SSSR count). The van der Waals surface area contributed by atoms with E-state index in [1.54, 1.807) is 37.3 Å². The molecule has 3 atom stereocenters. The molecule has 1 aliphatic heterocycles. The number of hydrogen-bond acceptors (Lipinski definition) is 9. The highest BCUT2D eigenvalue weighted by atomic mass is 32.2. The molecule has 0 bridgehead atoms. The number of esters is 1. The van der Waals surface area contributed by atoms with Crippen LogP contribution in [0, 0.1) is 0 Å². The fraction of sp³-hybridized carbons (Fsp3) is 0.240. The van der Waals surface area contributed by atoms with Crippen molar-refractivity contribution in [2.24, 2.45) is 0 Å². The van der Waals surface area contributed by atoms with Crippen LogP contribution in [0.3, 0.4) is 0 Å². The van der Waals surface area contributed by atoms with Gasteiger partial charge in [0.15, 0.2) is 20.7 Å². The molecular weight excluding hydrogens is 532 g/mol. The molecule has 0 spiro atoms. The zero-order chi connectivity index (χ0) is 27.6. The van der Waals surface area contributed by atoms with Gasteiger partial charge in [0, 0.05) is 17.6 Å². The van der Waals surface area contributed by atoms with Gasteiger partial charge in [-0.3, -0.25) is 9.59 Å². The van der Waals surface area contributed by atoms with Crippen molar-refractivity contribution in [3.8, 4) is 0 Å². The lowest BCUT2D eigenvalue weighted by atomic mass is 9.91. The zero-order valence-electron chi connectivity index (χ0n) is 20.6. The smallest absolute Gasteiger partial charge is 0.357 e. The highest BCUT2D eigenvalue weighted by Gasteiger charge is 2.47. The maximum absolute atomic E-state index is 13.6. The molecule has 11 nitrogen and oxygen atoms in total. The topological polar surface area (TPSA) is 152 Å². The number of anilines is 1. The molecule has 0 saturated carbocycles. The van der Waals surface area contributed by atoms with Gasteiger partial charge < -0.3 is 15.4 Å². The number of thiazole rings is 1. The van der Waals surface area contributed by atoms with E-state index < -0.39 is 51.7 Å². The van der Waals surface area contributed by atoms with E-state index in [-0.39, 0.29) is 15.7 Å². The van der Waals surface area contributed by atoms with Crippen molar-refractivity contribution >= 4 is 50.1 Å². The van der Waals surface area contributed by atoms with Gasteiger partial charge in [0.05, 0.1) is 12.0 Å². The number of urea groups is 1. The summed E-state index contributed by atoms with van der Waals surface area (Å²) < 4.78 is 28.2. The largest absolute Gasteiger partial charge is 0.464 e. The minimum absolute atomic E-state index is 0.00746. The van der Waals surface area contributed by atoms with Gasteiger partial charge in [-0.25, -0.2) is 27.9 Å². The van der Waals surface area contributed by atoms with Crippen molar-refractivity contribution in [3.63, 3.8) is 0 Å². The molecule has 1 fully saturated rings. The molecule has 1 saturated heterocycles. The summed E-state index contributed by atoms with van der Waals surface area (Å²) in [7, 11) is -2.24. The average Bonchev–Trinajstić information content (AvgIpc) is 3.48. The summed E-state index contributed by atoms with van der Waals surface area (Å²) >= 11 is 0.994. The van der Waals surface area contributed by atoms with E-state index in [4.69, 9.17) is 0 Å². The molecule has 13 heteroatoms. The summed E-state index contributed by atoms with van der Waals surface area (Å²) in [5.41, 5.74) is 1.09. The number of hydrogen-bond donors (Lipinski definition) is 2. The molecule has 2 N–H and O–H groups in total. The first-order valence-electron chi connectivity index (χ1n) is 11.3. The van der Waals surface area contributed by atoms with Crippen molar-refractivity contribution in [3.05, 3.63) is 76.8 Å². The molecule has 0 radical (unpaired) electrons. The van der Waals surface area contributed by atoms with Crippen LogP contribution < -0.4 is 10.6 Å². The van der Waals surface area contributed by atoms with Crippen molar-refractivity contribution in [1.29, 1.82) is 0 Å². The highest BCUT2D eigenvalue weighted by Crippen LogP contribution is 2.31. The van der Waals surface area contributed by atoms with E-state index >= 15 is 0 Å². The molecule has 2 aromatic carbocycles. The Hall–Kier alpha value is -4.10. The summed E-state index contributed by atoms with van der Waals surface area (Å²) in [6, 6.07) is 11.4.